The summed E-state index contributed by atoms with van der Waals surface area (Å²) in [4.78, 5) is 1.12. The molecule has 0 fully saturated rings. The van der Waals surface area contributed by atoms with Crippen LogP contribution in [0.4, 0.5) is 0 Å². The molecule has 9 heteroatoms. The van der Waals surface area contributed by atoms with Gasteiger partial charge in [0, 0.05) is 6.54 Å². The Bertz CT molecular complexity index is 944. The van der Waals surface area contributed by atoms with E-state index in [1.165, 1.54) is 0 Å². The van der Waals surface area contributed by atoms with Crippen molar-refractivity contribution in [2.24, 2.45) is 0 Å². The van der Waals surface area contributed by atoms with Gasteiger partial charge in [0.2, 0.25) is 0 Å². The Labute approximate surface area is 152 Å². The van der Waals surface area contributed by atoms with Gasteiger partial charge in [-0.3, -0.25) is 0 Å². The number of rotatable bonds is 6. The van der Waals surface area contributed by atoms with E-state index >= 15 is 0 Å². The van der Waals surface area contributed by atoms with Crippen LogP contribution >= 0.6 is 23.1 Å². The fraction of sp³-hybridized carbons (Fsp3) is 0.188. The molecule has 0 aliphatic carbocycles. The van der Waals surface area contributed by atoms with Crippen LogP contribution in [0.3, 0.4) is 0 Å². The minimum absolute atomic E-state index is 0.616. The summed E-state index contributed by atoms with van der Waals surface area (Å²) in [5.41, 5.74) is 0.944. The molecule has 0 amide bonds. The molecule has 0 saturated carbocycles. The normalized spacial score (nSPS) is 11.1. The zero-order chi connectivity index (χ0) is 17.1. The standard InChI is InChI=1S/C16H15N7S2/c1-2-22-15(13-9-6-10-24-13)18-19-16(22)25-11-14-17-20-21-23(14)12-7-4-3-5-8-12/h3-10H,2,11H2,1H3. The second-order valence-corrected chi connectivity index (χ2v) is 7.05. The molecular weight excluding hydrogens is 354 g/mol. The van der Waals surface area contributed by atoms with Crippen molar-refractivity contribution in [1.82, 2.24) is 35.0 Å². The van der Waals surface area contributed by atoms with Crippen LogP contribution in [-0.4, -0.2) is 35.0 Å². The average Bonchev–Trinajstić information content (AvgIpc) is 3.39. The van der Waals surface area contributed by atoms with E-state index in [0.29, 0.717) is 5.75 Å². The Morgan fingerprint density at radius 1 is 1.04 bits per heavy atom. The van der Waals surface area contributed by atoms with Gasteiger partial charge in [-0.1, -0.05) is 36.0 Å². The highest BCUT2D eigenvalue weighted by molar-refractivity contribution is 7.98. The monoisotopic (exact) mass is 369 g/mol. The Hall–Kier alpha value is -2.52. The first-order valence-electron chi connectivity index (χ1n) is 7.79. The second-order valence-electron chi connectivity index (χ2n) is 5.16. The van der Waals surface area contributed by atoms with Crippen molar-refractivity contribution in [1.29, 1.82) is 0 Å². The Kier molecular flexibility index (Phi) is 4.57. The molecule has 0 spiro atoms. The highest BCUT2D eigenvalue weighted by Gasteiger charge is 2.16. The topological polar surface area (TPSA) is 74.3 Å². The average molecular weight is 369 g/mol. The van der Waals surface area contributed by atoms with E-state index in [-0.39, 0.29) is 0 Å². The molecule has 3 heterocycles. The number of benzene rings is 1. The third kappa shape index (κ3) is 3.20. The van der Waals surface area contributed by atoms with Gasteiger partial charge >= 0.3 is 0 Å². The van der Waals surface area contributed by atoms with Crippen LogP contribution < -0.4 is 0 Å². The molecular formula is C16H15N7S2. The number of tetrazole rings is 1. The van der Waals surface area contributed by atoms with Crippen molar-refractivity contribution in [3.8, 4) is 16.4 Å². The van der Waals surface area contributed by atoms with Crippen LogP contribution in [-0.2, 0) is 12.3 Å². The van der Waals surface area contributed by atoms with Gasteiger partial charge in [-0.05, 0) is 40.9 Å². The summed E-state index contributed by atoms with van der Waals surface area (Å²) >= 11 is 3.25. The summed E-state index contributed by atoms with van der Waals surface area (Å²) < 4.78 is 3.87. The molecule has 0 unspecified atom stereocenters. The molecule has 126 valence electrons. The Morgan fingerprint density at radius 2 is 1.92 bits per heavy atom. The van der Waals surface area contributed by atoms with E-state index in [4.69, 9.17) is 0 Å². The first-order chi connectivity index (χ1) is 12.4. The van der Waals surface area contributed by atoms with E-state index in [9.17, 15) is 0 Å². The molecule has 7 nitrogen and oxygen atoms in total. The number of hydrogen-bond acceptors (Lipinski definition) is 7. The maximum Gasteiger partial charge on any atom is 0.191 e. The highest BCUT2D eigenvalue weighted by Crippen LogP contribution is 2.28. The lowest BCUT2D eigenvalue weighted by molar-refractivity contribution is 0.687. The number of aromatic nitrogens is 7. The van der Waals surface area contributed by atoms with Gasteiger partial charge < -0.3 is 4.57 Å². The van der Waals surface area contributed by atoms with Crippen molar-refractivity contribution in [3.05, 3.63) is 53.7 Å². The molecule has 0 radical (unpaired) electrons. The Morgan fingerprint density at radius 3 is 2.68 bits per heavy atom. The molecule has 1 aromatic carbocycles. The number of thioether (sulfide) groups is 1. The van der Waals surface area contributed by atoms with Crippen LogP contribution in [0.2, 0.25) is 0 Å². The van der Waals surface area contributed by atoms with Crippen LogP contribution in [0, 0.1) is 0 Å². The summed E-state index contributed by atoms with van der Waals surface area (Å²) in [6, 6.07) is 13.9. The smallest absolute Gasteiger partial charge is 0.191 e. The van der Waals surface area contributed by atoms with Crippen molar-refractivity contribution in [2.75, 3.05) is 0 Å². The van der Waals surface area contributed by atoms with Gasteiger partial charge in [-0.15, -0.1) is 26.6 Å². The third-order valence-corrected chi connectivity index (χ3v) is 5.47. The minimum Gasteiger partial charge on any atom is -0.302 e. The van der Waals surface area contributed by atoms with Crippen molar-refractivity contribution < 1.29 is 0 Å². The van der Waals surface area contributed by atoms with E-state index in [2.05, 4.69) is 43.3 Å². The quantitative estimate of drug-likeness (QED) is 0.486. The van der Waals surface area contributed by atoms with Crippen LogP contribution in [0.15, 0.2) is 53.0 Å². The zero-order valence-electron chi connectivity index (χ0n) is 13.5. The lowest BCUT2D eigenvalue weighted by atomic mass is 10.3. The molecule has 0 N–H and O–H groups in total. The SMILES string of the molecule is CCn1c(SCc2nnnn2-c2ccccc2)nnc1-c1cccs1. The van der Waals surface area contributed by atoms with E-state index in [1.54, 1.807) is 27.8 Å². The Balaban J connectivity index is 1.56. The fourth-order valence-corrected chi connectivity index (χ4v) is 4.09. The molecule has 0 atom stereocenters. The van der Waals surface area contributed by atoms with Crippen LogP contribution in [0.1, 0.15) is 12.7 Å². The maximum atomic E-state index is 4.35. The van der Waals surface area contributed by atoms with Crippen molar-refractivity contribution in [2.45, 2.75) is 24.4 Å². The molecule has 0 aliphatic heterocycles. The number of nitrogens with zero attached hydrogens (tertiary/aromatic N) is 7. The fourth-order valence-electron chi connectivity index (χ4n) is 2.46. The molecule has 0 aliphatic rings. The first kappa shape index (κ1) is 16.0. The van der Waals surface area contributed by atoms with Gasteiger partial charge in [-0.25, -0.2) is 0 Å². The predicted octanol–water partition coefficient (Wildman–Crippen LogP) is 3.29. The third-order valence-electron chi connectivity index (χ3n) is 3.64. The number of thiophene rings is 1. The lowest BCUT2D eigenvalue weighted by Crippen LogP contribution is -2.03. The molecule has 0 saturated heterocycles. The zero-order valence-corrected chi connectivity index (χ0v) is 15.1. The lowest BCUT2D eigenvalue weighted by Gasteiger charge is -2.06. The first-order valence-corrected chi connectivity index (χ1v) is 9.66. The van der Waals surface area contributed by atoms with Crippen LogP contribution in [0.5, 0.6) is 0 Å². The summed E-state index contributed by atoms with van der Waals surface area (Å²) in [6.07, 6.45) is 0. The van der Waals surface area contributed by atoms with Gasteiger partial charge in [0.1, 0.15) is 0 Å². The van der Waals surface area contributed by atoms with E-state index in [1.807, 2.05) is 41.8 Å². The largest absolute Gasteiger partial charge is 0.302 e. The van der Waals surface area contributed by atoms with Crippen LogP contribution in [0.25, 0.3) is 16.4 Å². The molecule has 4 rings (SSSR count). The maximum absolute atomic E-state index is 4.35. The number of para-hydroxylation sites is 1. The van der Waals surface area contributed by atoms with E-state index in [0.717, 1.165) is 33.9 Å². The summed E-state index contributed by atoms with van der Waals surface area (Å²) in [7, 11) is 0. The van der Waals surface area contributed by atoms with Gasteiger partial charge in [-0.2, -0.15) is 4.68 Å². The molecule has 3 aromatic heterocycles. The highest BCUT2D eigenvalue weighted by atomic mass is 32.2. The van der Waals surface area contributed by atoms with Gasteiger partial charge in [0.25, 0.3) is 0 Å². The van der Waals surface area contributed by atoms with Crippen molar-refractivity contribution >= 4 is 23.1 Å². The summed E-state index contributed by atoms with van der Waals surface area (Å²) in [5, 5.41) is 23.7. The second kappa shape index (κ2) is 7.16. The minimum atomic E-state index is 0.616. The van der Waals surface area contributed by atoms with Gasteiger partial charge in [0.15, 0.2) is 16.8 Å². The predicted molar refractivity (Wildman–Crippen MR) is 97.7 cm³/mol. The van der Waals surface area contributed by atoms with Gasteiger partial charge in [0.05, 0.1) is 16.3 Å². The summed E-state index contributed by atoms with van der Waals surface area (Å²) in [6.45, 7) is 2.91. The number of hydrogen-bond donors (Lipinski definition) is 0. The summed E-state index contributed by atoms with van der Waals surface area (Å²) in [5.74, 6) is 2.30. The molecule has 25 heavy (non-hydrogen) atoms. The molecule has 4 aromatic rings. The molecule has 0 bridgehead atoms. The van der Waals surface area contributed by atoms with Crippen molar-refractivity contribution in [3.63, 3.8) is 0 Å². The van der Waals surface area contributed by atoms with E-state index < -0.39 is 0 Å².